The zero-order valence-electron chi connectivity index (χ0n) is 7.91. The van der Waals surface area contributed by atoms with Crippen LogP contribution in [-0.2, 0) is 11.2 Å². The molecule has 0 spiro atoms. The molecule has 1 aromatic carbocycles. The van der Waals surface area contributed by atoms with Crippen molar-refractivity contribution >= 4 is 22.6 Å². The number of para-hydroxylation sites is 1. The number of fused-ring (bicyclic) bond motifs is 1. The molecule has 2 aromatic rings. The van der Waals surface area contributed by atoms with Crippen LogP contribution in [0.3, 0.4) is 0 Å². The lowest BCUT2D eigenvalue weighted by atomic mass is 10.1. The molecular formula is C9H6N2O5. The Morgan fingerprint density at radius 1 is 1.56 bits per heavy atom. The molecule has 0 bridgehead atoms. The highest BCUT2D eigenvalue weighted by molar-refractivity contribution is 5.89. The van der Waals surface area contributed by atoms with Crippen molar-refractivity contribution in [3.05, 3.63) is 34.0 Å². The van der Waals surface area contributed by atoms with Gasteiger partial charge in [-0.2, -0.15) is 0 Å². The second-order valence-electron chi connectivity index (χ2n) is 3.11. The number of rotatable bonds is 3. The number of hydrogen-bond donors (Lipinski definition) is 1. The summed E-state index contributed by atoms with van der Waals surface area (Å²) in [6, 6.07) is 4.28. The molecule has 0 atom stereocenters. The average Bonchev–Trinajstić information content (AvgIpc) is 2.60. The maximum atomic E-state index is 10.6. The van der Waals surface area contributed by atoms with Crippen molar-refractivity contribution < 1.29 is 19.3 Å². The standard InChI is InChI=1S/C9H6N2O5/c12-8(13)4-6-5-2-1-3-7(11(14)15)9(5)16-10-6/h1-3H,4H2,(H,12,13). The first kappa shape index (κ1) is 10.1. The van der Waals surface area contributed by atoms with Crippen LogP contribution in [0.25, 0.3) is 11.0 Å². The number of hydrogen-bond acceptors (Lipinski definition) is 5. The Labute approximate surface area is 88.4 Å². The Kier molecular flexibility index (Phi) is 2.28. The maximum Gasteiger partial charge on any atom is 0.315 e. The third kappa shape index (κ3) is 1.58. The van der Waals surface area contributed by atoms with Gasteiger partial charge >= 0.3 is 11.7 Å². The maximum absolute atomic E-state index is 10.6. The molecule has 0 aliphatic carbocycles. The molecule has 0 radical (unpaired) electrons. The molecule has 0 saturated heterocycles. The Bertz CT molecular complexity index is 574. The molecule has 16 heavy (non-hydrogen) atoms. The predicted molar refractivity (Wildman–Crippen MR) is 52.0 cm³/mol. The van der Waals surface area contributed by atoms with Gasteiger partial charge in [0.05, 0.1) is 16.7 Å². The first-order valence-corrected chi connectivity index (χ1v) is 4.33. The van der Waals surface area contributed by atoms with Crippen molar-refractivity contribution in [2.75, 3.05) is 0 Å². The summed E-state index contributed by atoms with van der Waals surface area (Å²) in [7, 11) is 0. The normalized spacial score (nSPS) is 10.5. The molecule has 1 heterocycles. The van der Waals surface area contributed by atoms with Gasteiger partial charge in [0.2, 0.25) is 5.58 Å². The third-order valence-corrected chi connectivity index (χ3v) is 2.07. The minimum Gasteiger partial charge on any atom is -0.481 e. The van der Waals surface area contributed by atoms with Crippen LogP contribution in [-0.4, -0.2) is 21.2 Å². The van der Waals surface area contributed by atoms with E-state index >= 15 is 0 Å². The van der Waals surface area contributed by atoms with Crippen LogP contribution >= 0.6 is 0 Å². The fourth-order valence-electron chi connectivity index (χ4n) is 1.41. The minimum absolute atomic E-state index is 0.00347. The number of nitrogens with zero attached hydrogens (tertiary/aromatic N) is 2. The smallest absolute Gasteiger partial charge is 0.315 e. The fourth-order valence-corrected chi connectivity index (χ4v) is 1.41. The van der Waals surface area contributed by atoms with E-state index in [4.69, 9.17) is 9.63 Å². The lowest BCUT2D eigenvalue weighted by molar-refractivity contribution is -0.383. The summed E-state index contributed by atoms with van der Waals surface area (Å²) in [6.45, 7) is 0. The summed E-state index contributed by atoms with van der Waals surface area (Å²) in [4.78, 5) is 20.6. The Balaban J connectivity index is 2.61. The molecule has 0 aliphatic rings. The molecule has 0 fully saturated rings. The van der Waals surface area contributed by atoms with Gasteiger partial charge in [-0.1, -0.05) is 11.2 Å². The van der Waals surface area contributed by atoms with E-state index in [1.165, 1.54) is 18.2 Å². The van der Waals surface area contributed by atoms with Gasteiger partial charge in [-0.25, -0.2) is 0 Å². The monoisotopic (exact) mass is 222 g/mol. The van der Waals surface area contributed by atoms with E-state index in [1.54, 1.807) is 0 Å². The first-order valence-electron chi connectivity index (χ1n) is 4.33. The van der Waals surface area contributed by atoms with Crippen LogP contribution < -0.4 is 0 Å². The summed E-state index contributed by atoms with van der Waals surface area (Å²) >= 11 is 0. The number of nitro groups is 1. The van der Waals surface area contributed by atoms with Gasteiger partial charge in [-0.15, -0.1) is 0 Å². The van der Waals surface area contributed by atoms with Crippen molar-refractivity contribution in [1.82, 2.24) is 5.16 Å². The van der Waals surface area contributed by atoms with Crippen LogP contribution in [0.5, 0.6) is 0 Å². The number of carboxylic acids is 1. The van der Waals surface area contributed by atoms with Crippen molar-refractivity contribution in [1.29, 1.82) is 0 Å². The summed E-state index contributed by atoms with van der Waals surface area (Å²) < 4.78 is 4.79. The van der Waals surface area contributed by atoms with Crippen molar-refractivity contribution in [2.45, 2.75) is 6.42 Å². The Hall–Kier alpha value is -2.44. The van der Waals surface area contributed by atoms with Gasteiger partial charge in [0.15, 0.2) is 0 Å². The zero-order valence-corrected chi connectivity index (χ0v) is 7.91. The van der Waals surface area contributed by atoms with Gasteiger partial charge in [-0.05, 0) is 6.07 Å². The first-order chi connectivity index (χ1) is 7.59. The van der Waals surface area contributed by atoms with E-state index < -0.39 is 10.9 Å². The highest BCUT2D eigenvalue weighted by Gasteiger charge is 2.19. The minimum atomic E-state index is -1.07. The Morgan fingerprint density at radius 2 is 2.31 bits per heavy atom. The van der Waals surface area contributed by atoms with E-state index in [1.807, 2.05) is 0 Å². The molecule has 82 valence electrons. The van der Waals surface area contributed by atoms with Crippen molar-refractivity contribution in [2.24, 2.45) is 0 Å². The summed E-state index contributed by atoms with van der Waals surface area (Å²) in [5.74, 6) is -1.07. The highest BCUT2D eigenvalue weighted by Crippen LogP contribution is 2.27. The van der Waals surface area contributed by atoms with Gasteiger partial charge < -0.3 is 9.63 Å². The molecular weight excluding hydrogens is 216 g/mol. The molecule has 2 rings (SSSR count). The van der Waals surface area contributed by atoms with E-state index in [9.17, 15) is 14.9 Å². The van der Waals surface area contributed by atoms with E-state index in [0.29, 0.717) is 5.39 Å². The van der Waals surface area contributed by atoms with Gasteiger partial charge in [0, 0.05) is 6.07 Å². The lowest BCUT2D eigenvalue weighted by Gasteiger charge is -1.91. The quantitative estimate of drug-likeness (QED) is 0.620. The van der Waals surface area contributed by atoms with Gasteiger partial charge in [-0.3, -0.25) is 14.9 Å². The van der Waals surface area contributed by atoms with E-state index in [-0.39, 0.29) is 23.4 Å². The average molecular weight is 222 g/mol. The molecule has 0 saturated carbocycles. The highest BCUT2D eigenvalue weighted by atomic mass is 16.6. The van der Waals surface area contributed by atoms with Gasteiger partial charge in [0.1, 0.15) is 5.69 Å². The molecule has 0 unspecified atom stereocenters. The molecule has 7 heteroatoms. The number of nitro benzene ring substituents is 1. The number of aromatic nitrogens is 1. The molecule has 1 aromatic heterocycles. The number of benzene rings is 1. The predicted octanol–water partition coefficient (Wildman–Crippen LogP) is 1.36. The number of aliphatic carboxylic acids is 1. The zero-order chi connectivity index (χ0) is 11.7. The summed E-state index contributed by atoms with van der Waals surface area (Å²) in [5, 5.41) is 23.1. The number of carbonyl (C=O) groups is 1. The SMILES string of the molecule is O=C(O)Cc1noc2c([N+](=O)[O-])cccc12. The topological polar surface area (TPSA) is 106 Å². The Morgan fingerprint density at radius 3 is 2.94 bits per heavy atom. The molecule has 0 aliphatic heterocycles. The van der Waals surface area contributed by atoms with Crippen molar-refractivity contribution in [3.8, 4) is 0 Å². The van der Waals surface area contributed by atoms with Crippen LogP contribution in [0.1, 0.15) is 5.69 Å². The van der Waals surface area contributed by atoms with Crippen LogP contribution in [0.2, 0.25) is 0 Å². The molecule has 1 N–H and O–H groups in total. The second-order valence-corrected chi connectivity index (χ2v) is 3.11. The third-order valence-electron chi connectivity index (χ3n) is 2.07. The largest absolute Gasteiger partial charge is 0.481 e. The van der Waals surface area contributed by atoms with E-state index in [0.717, 1.165) is 0 Å². The summed E-state index contributed by atoms with van der Waals surface area (Å²) in [5.41, 5.74) is -0.0309. The fraction of sp³-hybridized carbons (Fsp3) is 0.111. The van der Waals surface area contributed by atoms with Crippen LogP contribution in [0.4, 0.5) is 5.69 Å². The van der Waals surface area contributed by atoms with E-state index in [2.05, 4.69) is 5.16 Å². The van der Waals surface area contributed by atoms with Crippen molar-refractivity contribution in [3.63, 3.8) is 0 Å². The van der Waals surface area contributed by atoms with Crippen LogP contribution in [0, 0.1) is 10.1 Å². The van der Waals surface area contributed by atoms with Crippen LogP contribution in [0.15, 0.2) is 22.7 Å². The number of non-ortho nitro benzene ring substituents is 1. The summed E-state index contributed by atoms with van der Waals surface area (Å²) in [6.07, 6.45) is -0.325. The van der Waals surface area contributed by atoms with Gasteiger partial charge in [0.25, 0.3) is 0 Å². The molecule has 7 nitrogen and oxygen atoms in total. The second kappa shape index (κ2) is 3.61. The molecule has 0 amide bonds. The number of carboxylic acid groups (broad SMARTS) is 1. The lowest BCUT2D eigenvalue weighted by Crippen LogP contribution is -2.00.